The summed E-state index contributed by atoms with van der Waals surface area (Å²) in [5.74, 6) is 0.180. The molecule has 1 aliphatic heterocycles. The van der Waals surface area contributed by atoms with E-state index >= 15 is 0 Å². The number of nitro groups is 1. The Kier molecular flexibility index (Phi) is 6.01. The minimum atomic E-state index is -0.451. The van der Waals surface area contributed by atoms with E-state index in [1.807, 2.05) is 11.9 Å². The standard InChI is InChI=1S/C19H21ClN4O4/c1-22-6-8-23(9-7-22)17-12-16(15(20)11-18(17)24(26)27)21-19(25)13-4-3-5-14(10-13)28-2/h3-5,10-12H,6-9H2,1-2H3,(H,21,25). The number of nitrogens with zero attached hydrogens (tertiary/aromatic N) is 3. The van der Waals surface area contributed by atoms with Crippen LogP contribution in [0.5, 0.6) is 5.75 Å². The van der Waals surface area contributed by atoms with E-state index in [2.05, 4.69) is 10.2 Å². The summed E-state index contributed by atoms with van der Waals surface area (Å²) in [5.41, 5.74) is 1.10. The number of likely N-dealkylation sites (N-methyl/N-ethyl adjacent to an activating group) is 1. The lowest BCUT2D eigenvalue weighted by Gasteiger charge is -2.33. The largest absolute Gasteiger partial charge is 0.497 e. The molecule has 1 amide bonds. The second-order valence-corrected chi connectivity index (χ2v) is 6.96. The van der Waals surface area contributed by atoms with Crippen LogP contribution in [0.25, 0.3) is 0 Å². The second kappa shape index (κ2) is 8.45. The number of hydrogen-bond acceptors (Lipinski definition) is 6. The van der Waals surface area contributed by atoms with Crippen LogP contribution in [0.1, 0.15) is 10.4 Å². The van der Waals surface area contributed by atoms with Crippen molar-refractivity contribution >= 4 is 34.6 Å². The third-order valence-corrected chi connectivity index (χ3v) is 5.00. The first-order valence-corrected chi connectivity index (χ1v) is 9.13. The van der Waals surface area contributed by atoms with Crippen molar-refractivity contribution in [2.24, 2.45) is 0 Å². The molecule has 3 rings (SSSR count). The lowest BCUT2D eigenvalue weighted by molar-refractivity contribution is -0.384. The molecule has 2 aromatic carbocycles. The molecule has 0 spiro atoms. The number of piperazine rings is 1. The summed E-state index contributed by atoms with van der Waals surface area (Å²) in [6.45, 7) is 2.90. The van der Waals surface area contributed by atoms with Gasteiger partial charge in [0.2, 0.25) is 0 Å². The Balaban J connectivity index is 1.91. The Labute approximate surface area is 167 Å². The molecular formula is C19H21ClN4O4. The predicted molar refractivity (Wildman–Crippen MR) is 109 cm³/mol. The van der Waals surface area contributed by atoms with Crippen LogP contribution >= 0.6 is 11.6 Å². The minimum Gasteiger partial charge on any atom is -0.497 e. The highest BCUT2D eigenvalue weighted by Gasteiger charge is 2.25. The van der Waals surface area contributed by atoms with Gasteiger partial charge in [-0.15, -0.1) is 0 Å². The first-order chi connectivity index (χ1) is 13.4. The number of nitro benzene ring substituents is 1. The summed E-state index contributed by atoms with van der Waals surface area (Å²) < 4.78 is 5.14. The van der Waals surface area contributed by atoms with E-state index < -0.39 is 4.92 Å². The summed E-state index contributed by atoms with van der Waals surface area (Å²) in [7, 11) is 3.53. The molecule has 0 bridgehead atoms. The third-order valence-electron chi connectivity index (χ3n) is 4.69. The molecule has 0 radical (unpaired) electrons. The Morgan fingerprint density at radius 1 is 1.21 bits per heavy atom. The van der Waals surface area contributed by atoms with E-state index in [4.69, 9.17) is 16.3 Å². The quantitative estimate of drug-likeness (QED) is 0.608. The van der Waals surface area contributed by atoms with Gasteiger partial charge in [-0.1, -0.05) is 17.7 Å². The van der Waals surface area contributed by atoms with Crippen molar-refractivity contribution < 1.29 is 14.5 Å². The van der Waals surface area contributed by atoms with Crippen molar-refractivity contribution in [1.82, 2.24) is 4.90 Å². The summed E-state index contributed by atoms with van der Waals surface area (Å²) in [6.07, 6.45) is 0. The van der Waals surface area contributed by atoms with Crippen LogP contribution in [0, 0.1) is 10.1 Å². The highest BCUT2D eigenvalue weighted by molar-refractivity contribution is 6.34. The number of nitrogens with one attached hydrogen (secondary N) is 1. The van der Waals surface area contributed by atoms with Crippen LogP contribution in [0.4, 0.5) is 17.1 Å². The number of hydrogen-bond donors (Lipinski definition) is 1. The number of carbonyl (C=O) groups excluding carboxylic acids is 1. The molecule has 148 valence electrons. The van der Waals surface area contributed by atoms with Gasteiger partial charge in [-0.3, -0.25) is 14.9 Å². The monoisotopic (exact) mass is 404 g/mol. The highest BCUT2D eigenvalue weighted by Crippen LogP contribution is 2.37. The molecule has 1 heterocycles. The van der Waals surface area contributed by atoms with Crippen molar-refractivity contribution in [1.29, 1.82) is 0 Å². The number of amides is 1. The molecule has 9 heteroatoms. The van der Waals surface area contributed by atoms with Gasteiger partial charge < -0.3 is 19.9 Å². The molecule has 2 aromatic rings. The number of rotatable bonds is 5. The minimum absolute atomic E-state index is 0.0751. The van der Waals surface area contributed by atoms with E-state index in [0.717, 1.165) is 13.1 Å². The number of halogens is 1. The first-order valence-electron chi connectivity index (χ1n) is 8.76. The van der Waals surface area contributed by atoms with E-state index in [1.165, 1.54) is 13.2 Å². The maximum Gasteiger partial charge on any atom is 0.294 e. The zero-order valence-corrected chi connectivity index (χ0v) is 16.4. The summed E-state index contributed by atoms with van der Waals surface area (Å²) in [4.78, 5) is 27.8. The van der Waals surface area contributed by atoms with Crippen LogP contribution in [0.3, 0.4) is 0 Å². The zero-order valence-electron chi connectivity index (χ0n) is 15.6. The molecule has 1 saturated heterocycles. The van der Waals surface area contributed by atoms with Crippen molar-refractivity contribution in [2.75, 3.05) is 50.6 Å². The van der Waals surface area contributed by atoms with Crippen molar-refractivity contribution in [2.45, 2.75) is 0 Å². The first kappa shape index (κ1) is 19.9. The fourth-order valence-corrected chi connectivity index (χ4v) is 3.26. The molecule has 1 aliphatic rings. The van der Waals surface area contributed by atoms with Crippen LogP contribution in [-0.2, 0) is 0 Å². The zero-order chi connectivity index (χ0) is 20.3. The van der Waals surface area contributed by atoms with E-state index in [-0.39, 0.29) is 16.6 Å². The molecule has 0 aromatic heterocycles. The van der Waals surface area contributed by atoms with Gasteiger partial charge in [0.1, 0.15) is 11.4 Å². The number of ether oxygens (including phenoxy) is 1. The maximum absolute atomic E-state index is 12.6. The van der Waals surface area contributed by atoms with Gasteiger partial charge in [-0.2, -0.15) is 0 Å². The third kappa shape index (κ3) is 4.35. The second-order valence-electron chi connectivity index (χ2n) is 6.55. The van der Waals surface area contributed by atoms with Gasteiger partial charge >= 0.3 is 0 Å². The van der Waals surface area contributed by atoms with Gasteiger partial charge in [0, 0.05) is 37.8 Å². The van der Waals surface area contributed by atoms with Crippen LogP contribution in [0.15, 0.2) is 36.4 Å². The lowest BCUT2D eigenvalue weighted by Crippen LogP contribution is -2.44. The normalized spacial score (nSPS) is 14.6. The van der Waals surface area contributed by atoms with E-state index in [9.17, 15) is 14.9 Å². The Hall–Kier alpha value is -2.84. The predicted octanol–water partition coefficient (Wildman–Crippen LogP) is 3.26. The molecule has 0 atom stereocenters. The number of carbonyl (C=O) groups is 1. The van der Waals surface area contributed by atoms with Crippen molar-refractivity contribution in [3.8, 4) is 5.75 Å². The molecule has 1 N–H and O–H groups in total. The van der Waals surface area contributed by atoms with E-state index in [1.54, 1.807) is 30.3 Å². The average Bonchev–Trinajstić information content (AvgIpc) is 2.69. The number of benzene rings is 2. The average molecular weight is 405 g/mol. The molecule has 0 aliphatic carbocycles. The number of methoxy groups -OCH3 is 1. The van der Waals surface area contributed by atoms with Gasteiger partial charge in [0.25, 0.3) is 11.6 Å². The highest BCUT2D eigenvalue weighted by atomic mass is 35.5. The van der Waals surface area contributed by atoms with Crippen molar-refractivity contribution in [3.63, 3.8) is 0 Å². The van der Waals surface area contributed by atoms with E-state index in [0.29, 0.717) is 35.8 Å². The molecule has 8 nitrogen and oxygen atoms in total. The molecule has 1 fully saturated rings. The Morgan fingerprint density at radius 2 is 1.93 bits per heavy atom. The summed E-state index contributed by atoms with van der Waals surface area (Å²) in [5, 5.41) is 14.4. The molecule has 0 unspecified atom stereocenters. The molecule has 0 saturated carbocycles. The summed E-state index contributed by atoms with van der Waals surface area (Å²) in [6, 6.07) is 9.57. The maximum atomic E-state index is 12.6. The van der Waals surface area contributed by atoms with Gasteiger partial charge in [-0.05, 0) is 31.3 Å². The summed E-state index contributed by atoms with van der Waals surface area (Å²) >= 11 is 6.23. The fraction of sp³-hybridized carbons (Fsp3) is 0.316. The van der Waals surface area contributed by atoms with Crippen LogP contribution in [0.2, 0.25) is 5.02 Å². The van der Waals surface area contributed by atoms with Crippen LogP contribution in [-0.4, -0.2) is 56.1 Å². The lowest BCUT2D eigenvalue weighted by atomic mass is 10.1. The fourth-order valence-electron chi connectivity index (χ4n) is 3.05. The van der Waals surface area contributed by atoms with Gasteiger partial charge in [0.05, 0.1) is 22.7 Å². The van der Waals surface area contributed by atoms with Gasteiger partial charge in [-0.25, -0.2) is 0 Å². The topological polar surface area (TPSA) is 88.0 Å². The molecule has 28 heavy (non-hydrogen) atoms. The smallest absolute Gasteiger partial charge is 0.294 e. The van der Waals surface area contributed by atoms with Crippen LogP contribution < -0.4 is 15.0 Å². The number of anilines is 2. The SMILES string of the molecule is COc1cccc(C(=O)Nc2cc(N3CCN(C)CC3)c([N+](=O)[O-])cc2Cl)c1. The van der Waals surface area contributed by atoms with Crippen molar-refractivity contribution in [3.05, 3.63) is 57.1 Å². The molecular weight excluding hydrogens is 384 g/mol. The van der Waals surface area contributed by atoms with Gasteiger partial charge in [0.15, 0.2) is 0 Å². The Bertz CT molecular complexity index is 897. The Morgan fingerprint density at radius 3 is 2.57 bits per heavy atom.